The average molecular weight is 289 g/mol. The second-order valence-corrected chi connectivity index (χ2v) is 4.15. The summed E-state index contributed by atoms with van der Waals surface area (Å²) in [4.78, 5) is 22.7. The predicted octanol–water partition coefficient (Wildman–Crippen LogP) is 1.27. The van der Waals surface area contributed by atoms with Gasteiger partial charge in [-0.05, 0) is 23.8 Å². The minimum atomic E-state index is -0.596. The zero-order chi connectivity index (χ0) is 15.1. The lowest BCUT2D eigenvalue weighted by atomic mass is 10.2. The number of amides is 1. The molecule has 110 valence electrons. The minimum absolute atomic E-state index is 0.199. The van der Waals surface area contributed by atoms with Crippen LogP contribution in [0.4, 0.5) is 0 Å². The summed E-state index contributed by atoms with van der Waals surface area (Å²) in [6.45, 7) is 3.68. The first kappa shape index (κ1) is 14.6. The summed E-state index contributed by atoms with van der Waals surface area (Å²) in [7, 11) is 0. The van der Waals surface area contributed by atoms with Crippen LogP contribution in [0.5, 0.6) is 11.5 Å². The predicted molar refractivity (Wildman–Crippen MR) is 75.8 cm³/mol. The fourth-order valence-corrected chi connectivity index (χ4v) is 1.60. The normalized spacial score (nSPS) is 12.2. The van der Waals surface area contributed by atoms with E-state index in [9.17, 15) is 9.59 Å². The molecule has 0 aromatic heterocycles. The molecule has 0 spiro atoms. The van der Waals surface area contributed by atoms with E-state index in [0.29, 0.717) is 18.0 Å². The Morgan fingerprint density at radius 2 is 2.14 bits per heavy atom. The lowest BCUT2D eigenvalue weighted by Gasteiger charge is -2.02. The topological polar surface area (TPSA) is 73.9 Å². The smallest absolute Gasteiger partial charge is 0.331 e. The van der Waals surface area contributed by atoms with Crippen LogP contribution in [0.25, 0.3) is 6.08 Å². The molecule has 0 aliphatic carbocycles. The Balaban J connectivity index is 1.82. The van der Waals surface area contributed by atoms with E-state index < -0.39 is 5.97 Å². The number of esters is 1. The van der Waals surface area contributed by atoms with Gasteiger partial charge in [-0.2, -0.15) is 0 Å². The summed E-state index contributed by atoms with van der Waals surface area (Å²) in [5.41, 5.74) is 0.771. The fourth-order valence-electron chi connectivity index (χ4n) is 1.60. The molecule has 0 unspecified atom stereocenters. The van der Waals surface area contributed by atoms with E-state index in [1.54, 1.807) is 30.4 Å². The van der Waals surface area contributed by atoms with Gasteiger partial charge in [0, 0.05) is 12.6 Å². The third-order valence-corrected chi connectivity index (χ3v) is 2.60. The Kier molecular flexibility index (Phi) is 4.98. The van der Waals surface area contributed by atoms with Crippen molar-refractivity contribution >= 4 is 18.0 Å². The van der Waals surface area contributed by atoms with Crippen molar-refractivity contribution in [1.29, 1.82) is 0 Å². The van der Waals surface area contributed by atoms with Gasteiger partial charge in [0.15, 0.2) is 18.1 Å². The molecule has 0 bridgehead atoms. The summed E-state index contributed by atoms with van der Waals surface area (Å²) < 4.78 is 15.2. The van der Waals surface area contributed by atoms with Crippen LogP contribution < -0.4 is 14.8 Å². The van der Waals surface area contributed by atoms with Gasteiger partial charge < -0.3 is 19.5 Å². The number of carbonyl (C=O) groups excluding carboxylic acids is 2. The Bertz CT molecular complexity index is 579. The molecule has 2 rings (SSSR count). The molecule has 0 saturated heterocycles. The van der Waals surface area contributed by atoms with E-state index in [1.807, 2.05) is 0 Å². The van der Waals surface area contributed by atoms with Crippen molar-refractivity contribution in [3.63, 3.8) is 0 Å². The summed E-state index contributed by atoms with van der Waals surface area (Å²) in [6, 6.07) is 5.30. The third kappa shape index (κ3) is 4.38. The summed E-state index contributed by atoms with van der Waals surface area (Å²) >= 11 is 0. The summed E-state index contributed by atoms with van der Waals surface area (Å²) in [5.74, 6) is 0.337. The van der Waals surface area contributed by atoms with Crippen molar-refractivity contribution < 1.29 is 23.8 Å². The number of fused-ring (bicyclic) bond motifs is 1. The van der Waals surface area contributed by atoms with Crippen LogP contribution in [0, 0.1) is 0 Å². The Morgan fingerprint density at radius 3 is 2.95 bits per heavy atom. The standard InChI is InChI=1S/C15H15NO5/c1-2-7-16-14(17)9-19-15(18)6-4-11-3-5-12-13(8-11)21-10-20-12/h2-6,8H,1,7,9-10H2,(H,16,17)/b6-4+. The van der Waals surface area contributed by atoms with Gasteiger partial charge in [0.2, 0.25) is 6.79 Å². The van der Waals surface area contributed by atoms with Crippen molar-refractivity contribution in [3.05, 3.63) is 42.5 Å². The van der Waals surface area contributed by atoms with E-state index >= 15 is 0 Å². The van der Waals surface area contributed by atoms with E-state index in [1.165, 1.54) is 6.08 Å². The van der Waals surface area contributed by atoms with Gasteiger partial charge >= 0.3 is 5.97 Å². The molecule has 1 aromatic rings. The largest absolute Gasteiger partial charge is 0.454 e. The number of rotatable bonds is 6. The molecule has 1 amide bonds. The first-order chi connectivity index (χ1) is 10.2. The molecule has 0 radical (unpaired) electrons. The second-order valence-electron chi connectivity index (χ2n) is 4.15. The van der Waals surface area contributed by atoms with E-state index in [2.05, 4.69) is 11.9 Å². The fraction of sp³-hybridized carbons (Fsp3) is 0.200. The molecule has 1 aromatic carbocycles. The van der Waals surface area contributed by atoms with Gasteiger partial charge in [0.05, 0.1) is 0 Å². The highest BCUT2D eigenvalue weighted by Gasteiger charge is 2.12. The lowest BCUT2D eigenvalue weighted by Crippen LogP contribution is -2.28. The molecule has 0 atom stereocenters. The van der Waals surface area contributed by atoms with Crippen LogP contribution in [-0.2, 0) is 14.3 Å². The van der Waals surface area contributed by atoms with Crippen LogP contribution in [0.2, 0.25) is 0 Å². The molecule has 6 heteroatoms. The number of hydrogen-bond donors (Lipinski definition) is 1. The zero-order valence-corrected chi connectivity index (χ0v) is 11.3. The van der Waals surface area contributed by atoms with E-state index in [-0.39, 0.29) is 19.3 Å². The Hall–Kier alpha value is -2.76. The molecular formula is C15H15NO5. The highest BCUT2D eigenvalue weighted by molar-refractivity contribution is 5.89. The number of carbonyl (C=O) groups is 2. The zero-order valence-electron chi connectivity index (χ0n) is 11.3. The van der Waals surface area contributed by atoms with Gasteiger partial charge in [-0.3, -0.25) is 4.79 Å². The maximum absolute atomic E-state index is 11.5. The quantitative estimate of drug-likeness (QED) is 0.485. The van der Waals surface area contributed by atoms with Crippen LogP contribution >= 0.6 is 0 Å². The Labute approximate surface area is 122 Å². The van der Waals surface area contributed by atoms with Gasteiger partial charge in [-0.25, -0.2) is 4.79 Å². The van der Waals surface area contributed by atoms with Crippen molar-refractivity contribution in [2.24, 2.45) is 0 Å². The number of nitrogens with one attached hydrogen (secondary N) is 1. The van der Waals surface area contributed by atoms with Crippen LogP contribution in [0.15, 0.2) is 36.9 Å². The number of hydrogen-bond acceptors (Lipinski definition) is 5. The van der Waals surface area contributed by atoms with Gasteiger partial charge in [-0.15, -0.1) is 6.58 Å². The van der Waals surface area contributed by atoms with E-state index in [4.69, 9.17) is 14.2 Å². The molecule has 1 aliphatic heterocycles. The highest BCUT2D eigenvalue weighted by Crippen LogP contribution is 2.32. The van der Waals surface area contributed by atoms with Gasteiger partial charge in [0.25, 0.3) is 5.91 Å². The van der Waals surface area contributed by atoms with Crippen molar-refractivity contribution in [3.8, 4) is 11.5 Å². The van der Waals surface area contributed by atoms with Crippen molar-refractivity contribution in [1.82, 2.24) is 5.32 Å². The SMILES string of the molecule is C=CCNC(=O)COC(=O)/C=C/c1ccc2c(c1)OCO2. The molecular weight excluding hydrogens is 274 g/mol. The maximum atomic E-state index is 11.5. The summed E-state index contributed by atoms with van der Waals surface area (Å²) in [6.07, 6.45) is 4.36. The summed E-state index contributed by atoms with van der Waals surface area (Å²) in [5, 5.41) is 2.50. The van der Waals surface area contributed by atoms with Crippen molar-refractivity contribution in [2.75, 3.05) is 19.9 Å². The monoisotopic (exact) mass is 289 g/mol. The number of ether oxygens (including phenoxy) is 3. The molecule has 1 heterocycles. The molecule has 0 fully saturated rings. The van der Waals surface area contributed by atoms with Crippen LogP contribution in [0.3, 0.4) is 0 Å². The average Bonchev–Trinajstić information content (AvgIpc) is 2.96. The minimum Gasteiger partial charge on any atom is -0.454 e. The van der Waals surface area contributed by atoms with Crippen LogP contribution in [0.1, 0.15) is 5.56 Å². The lowest BCUT2D eigenvalue weighted by molar-refractivity contribution is -0.143. The second kappa shape index (κ2) is 7.14. The highest BCUT2D eigenvalue weighted by atomic mass is 16.7. The molecule has 1 N–H and O–H groups in total. The Morgan fingerprint density at radius 1 is 1.33 bits per heavy atom. The van der Waals surface area contributed by atoms with E-state index in [0.717, 1.165) is 5.56 Å². The van der Waals surface area contributed by atoms with Crippen LogP contribution in [-0.4, -0.2) is 31.8 Å². The maximum Gasteiger partial charge on any atom is 0.331 e. The number of benzene rings is 1. The molecule has 0 saturated carbocycles. The first-order valence-corrected chi connectivity index (χ1v) is 6.31. The van der Waals surface area contributed by atoms with Crippen molar-refractivity contribution in [2.45, 2.75) is 0 Å². The molecule has 6 nitrogen and oxygen atoms in total. The third-order valence-electron chi connectivity index (χ3n) is 2.60. The first-order valence-electron chi connectivity index (χ1n) is 6.31. The molecule has 1 aliphatic rings. The van der Waals surface area contributed by atoms with Gasteiger partial charge in [-0.1, -0.05) is 12.1 Å². The van der Waals surface area contributed by atoms with Gasteiger partial charge in [0.1, 0.15) is 0 Å². The molecule has 21 heavy (non-hydrogen) atoms.